The van der Waals surface area contributed by atoms with Crippen LogP contribution in [0.3, 0.4) is 0 Å². The summed E-state index contributed by atoms with van der Waals surface area (Å²) < 4.78 is 6.17. The van der Waals surface area contributed by atoms with Gasteiger partial charge in [-0.3, -0.25) is 14.7 Å². The molecular formula is C11H16N2O3. The summed E-state index contributed by atoms with van der Waals surface area (Å²) in [4.78, 5) is 23.2. The fourth-order valence-corrected chi connectivity index (χ4v) is 2.09. The molecule has 88 valence electrons. The van der Waals surface area contributed by atoms with Gasteiger partial charge in [0.1, 0.15) is 6.54 Å². The number of nitrogens with one attached hydrogen (secondary N) is 1. The van der Waals surface area contributed by atoms with E-state index in [4.69, 9.17) is 4.74 Å². The molecule has 1 N–H and O–H groups in total. The van der Waals surface area contributed by atoms with Crippen molar-refractivity contribution in [1.29, 1.82) is 0 Å². The first-order valence-corrected chi connectivity index (χ1v) is 5.68. The van der Waals surface area contributed by atoms with Gasteiger partial charge in [0.05, 0.1) is 6.61 Å². The molecule has 2 rings (SSSR count). The third-order valence-corrected chi connectivity index (χ3v) is 2.83. The lowest BCUT2D eigenvalue weighted by Gasteiger charge is -2.07. The van der Waals surface area contributed by atoms with Crippen LogP contribution in [0.25, 0.3) is 0 Å². The standard InChI is InChI=1S/C11H16N2O3/c1-2-16-10(14)7-13-11(15)8-5-3-4-6-9(8)12-13/h12H,2-7H2,1H3. The molecule has 16 heavy (non-hydrogen) atoms. The molecule has 1 aliphatic rings. The Kier molecular flexibility index (Phi) is 3.12. The van der Waals surface area contributed by atoms with Crippen molar-refractivity contribution in [2.75, 3.05) is 6.61 Å². The fraction of sp³-hybridized carbons (Fsp3) is 0.636. The number of rotatable bonds is 3. The molecule has 0 bridgehead atoms. The Morgan fingerprint density at radius 1 is 1.44 bits per heavy atom. The Morgan fingerprint density at radius 2 is 2.19 bits per heavy atom. The van der Waals surface area contributed by atoms with Crippen molar-refractivity contribution in [2.24, 2.45) is 0 Å². The van der Waals surface area contributed by atoms with Gasteiger partial charge in [-0.1, -0.05) is 0 Å². The molecule has 0 atom stereocenters. The van der Waals surface area contributed by atoms with E-state index < -0.39 is 0 Å². The molecule has 5 heteroatoms. The summed E-state index contributed by atoms with van der Waals surface area (Å²) in [5.41, 5.74) is 1.76. The van der Waals surface area contributed by atoms with E-state index in [2.05, 4.69) is 5.10 Å². The van der Waals surface area contributed by atoms with Crippen molar-refractivity contribution in [3.05, 3.63) is 21.6 Å². The minimum atomic E-state index is -0.372. The van der Waals surface area contributed by atoms with Gasteiger partial charge in [0.25, 0.3) is 5.56 Å². The maximum Gasteiger partial charge on any atom is 0.327 e. The Hall–Kier alpha value is -1.52. The van der Waals surface area contributed by atoms with Crippen LogP contribution in [-0.4, -0.2) is 22.4 Å². The highest BCUT2D eigenvalue weighted by Gasteiger charge is 2.18. The minimum Gasteiger partial charge on any atom is -0.465 e. The van der Waals surface area contributed by atoms with E-state index in [1.54, 1.807) is 6.92 Å². The molecule has 0 amide bonds. The fourth-order valence-electron chi connectivity index (χ4n) is 2.09. The van der Waals surface area contributed by atoms with Gasteiger partial charge >= 0.3 is 5.97 Å². The predicted molar refractivity (Wildman–Crippen MR) is 58.3 cm³/mol. The maximum absolute atomic E-state index is 11.9. The van der Waals surface area contributed by atoms with E-state index in [1.165, 1.54) is 4.68 Å². The third-order valence-electron chi connectivity index (χ3n) is 2.83. The molecule has 0 spiro atoms. The van der Waals surface area contributed by atoms with Crippen LogP contribution in [0.5, 0.6) is 0 Å². The molecule has 0 aromatic carbocycles. The van der Waals surface area contributed by atoms with E-state index in [0.29, 0.717) is 6.61 Å². The van der Waals surface area contributed by atoms with Crippen molar-refractivity contribution >= 4 is 5.97 Å². The number of carbonyl (C=O) groups is 1. The summed E-state index contributed by atoms with van der Waals surface area (Å²) in [6.45, 7) is 2.08. The molecule has 0 saturated heterocycles. The number of carbonyl (C=O) groups excluding carboxylic acids is 1. The zero-order chi connectivity index (χ0) is 11.5. The van der Waals surface area contributed by atoms with E-state index in [1.807, 2.05) is 0 Å². The first-order valence-electron chi connectivity index (χ1n) is 5.68. The summed E-state index contributed by atoms with van der Waals surface area (Å²) in [5.74, 6) is -0.372. The van der Waals surface area contributed by atoms with Crippen LogP contribution >= 0.6 is 0 Å². The molecule has 0 saturated carbocycles. The summed E-state index contributed by atoms with van der Waals surface area (Å²) in [5, 5.41) is 2.99. The second kappa shape index (κ2) is 4.55. The molecule has 0 aliphatic heterocycles. The summed E-state index contributed by atoms with van der Waals surface area (Å²) in [6, 6.07) is 0. The molecule has 1 aromatic rings. The van der Waals surface area contributed by atoms with Gasteiger partial charge in [0.2, 0.25) is 0 Å². The van der Waals surface area contributed by atoms with E-state index in [0.717, 1.165) is 36.9 Å². The van der Waals surface area contributed by atoms with Crippen molar-refractivity contribution in [3.63, 3.8) is 0 Å². The number of esters is 1. The van der Waals surface area contributed by atoms with Gasteiger partial charge in [-0.15, -0.1) is 0 Å². The smallest absolute Gasteiger partial charge is 0.327 e. The lowest BCUT2D eigenvalue weighted by Crippen LogP contribution is -2.24. The second-order valence-corrected chi connectivity index (χ2v) is 3.97. The number of hydrogen-bond donors (Lipinski definition) is 1. The highest BCUT2D eigenvalue weighted by molar-refractivity contribution is 5.69. The number of aryl methyl sites for hydroxylation is 1. The quantitative estimate of drug-likeness (QED) is 0.765. The number of hydrogen-bond acceptors (Lipinski definition) is 3. The van der Waals surface area contributed by atoms with Crippen LogP contribution in [0.1, 0.15) is 31.0 Å². The largest absolute Gasteiger partial charge is 0.465 e. The van der Waals surface area contributed by atoms with Crippen LogP contribution in [0.2, 0.25) is 0 Å². The van der Waals surface area contributed by atoms with Crippen LogP contribution < -0.4 is 5.56 Å². The maximum atomic E-state index is 11.9. The van der Waals surface area contributed by atoms with E-state index in [9.17, 15) is 9.59 Å². The Labute approximate surface area is 93.4 Å². The van der Waals surface area contributed by atoms with E-state index >= 15 is 0 Å². The highest BCUT2D eigenvalue weighted by Crippen LogP contribution is 2.15. The number of aromatic nitrogens is 2. The monoisotopic (exact) mass is 224 g/mol. The van der Waals surface area contributed by atoms with Crippen LogP contribution in [0.15, 0.2) is 4.79 Å². The zero-order valence-electron chi connectivity index (χ0n) is 9.41. The number of nitrogens with zero attached hydrogens (tertiary/aromatic N) is 1. The molecular weight excluding hydrogens is 208 g/mol. The van der Waals surface area contributed by atoms with Crippen LogP contribution in [-0.2, 0) is 28.9 Å². The first-order chi connectivity index (χ1) is 7.72. The Bertz CT molecular complexity index is 445. The number of ether oxygens (including phenoxy) is 1. The zero-order valence-corrected chi connectivity index (χ0v) is 9.41. The van der Waals surface area contributed by atoms with Crippen molar-refractivity contribution in [1.82, 2.24) is 9.78 Å². The number of aromatic amines is 1. The normalized spacial score (nSPS) is 14.6. The number of fused-ring (bicyclic) bond motifs is 1. The molecule has 1 heterocycles. The van der Waals surface area contributed by atoms with Gasteiger partial charge in [0.15, 0.2) is 0 Å². The predicted octanol–water partition coefficient (Wildman–Crippen LogP) is 0.618. The van der Waals surface area contributed by atoms with E-state index in [-0.39, 0.29) is 18.1 Å². The third kappa shape index (κ3) is 2.03. The molecule has 1 aromatic heterocycles. The number of H-pyrrole nitrogens is 1. The first kappa shape index (κ1) is 11.0. The van der Waals surface area contributed by atoms with Gasteiger partial charge in [0, 0.05) is 11.3 Å². The summed E-state index contributed by atoms with van der Waals surface area (Å²) >= 11 is 0. The Morgan fingerprint density at radius 3 is 2.88 bits per heavy atom. The minimum absolute atomic E-state index is 0.0142. The Balaban J connectivity index is 2.19. The SMILES string of the molecule is CCOC(=O)Cn1[nH]c2c(c1=O)CCCC2. The van der Waals surface area contributed by atoms with Gasteiger partial charge in [-0.25, -0.2) is 4.68 Å². The highest BCUT2D eigenvalue weighted by atomic mass is 16.5. The molecule has 5 nitrogen and oxygen atoms in total. The molecule has 0 unspecified atom stereocenters. The topological polar surface area (TPSA) is 64.1 Å². The van der Waals surface area contributed by atoms with Crippen LogP contribution in [0.4, 0.5) is 0 Å². The summed E-state index contributed by atoms with van der Waals surface area (Å²) in [7, 11) is 0. The lowest BCUT2D eigenvalue weighted by atomic mass is 9.98. The molecule has 1 aliphatic carbocycles. The van der Waals surface area contributed by atoms with Crippen molar-refractivity contribution in [2.45, 2.75) is 39.2 Å². The van der Waals surface area contributed by atoms with Gasteiger partial charge in [-0.2, -0.15) is 0 Å². The van der Waals surface area contributed by atoms with Gasteiger partial charge in [-0.05, 0) is 32.6 Å². The summed E-state index contributed by atoms with van der Waals surface area (Å²) in [6.07, 6.45) is 3.88. The molecule has 0 radical (unpaired) electrons. The average Bonchev–Trinajstić information content (AvgIpc) is 2.57. The lowest BCUT2D eigenvalue weighted by molar-refractivity contribution is -0.144. The van der Waals surface area contributed by atoms with Gasteiger partial charge < -0.3 is 4.74 Å². The van der Waals surface area contributed by atoms with Crippen LogP contribution in [0, 0.1) is 0 Å². The average molecular weight is 224 g/mol. The second-order valence-electron chi connectivity index (χ2n) is 3.97. The van der Waals surface area contributed by atoms with Crippen molar-refractivity contribution in [3.8, 4) is 0 Å². The van der Waals surface area contributed by atoms with Crippen molar-refractivity contribution < 1.29 is 9.53 Å². The molecule has 0 fully saturated rings.